The Hall–Kier alpha value is -2.46. The van der Waals surface area contributed by atoms with Gasteiger partial charge in [-0.3, -0.25) is 0 Å². The summed E-state index contributed by atoms with van der Waals surface area (Å²) >= 11 is 0. The van der Waals surface area contributed by atoms with Crippen molar-refractivity contribution in [1.29, 1.82) is 0 Å². The first-order valence-electron chi connectivity index (χ1n) is 7.13. The normalized spacial score (nSPS) is 10.8. The van der Waals surface area contributed by atoms with Crippen LogP contribution in [0.25, 0.3) is 16.9 Å². The Balaban J connectivity index is 2.12. The Morgan fingerprint density at radius 2 is 1.71 bits per heavy atom. The Bertz CT molecular complexity index is 714. The Morgan fingerprint density at radius 1 is 1.00 bits per heavy atom. The summed E-state index contributed by atoms with van der Waals surface area (Å²) in [6.45, 7) is 2.52. The van der Waals surface area contributed by atoms with E-state index >= 15 is 0 Å². The molecule has 1 heterocycles. The smallest absolute Gasteiger partial charge is 0.105 e. The number of rotatable bonds is 4. The van der Waals surface area contributed by atoms with Crippen LogP contribution in [-0.4, -0.2) is 15.0 Å². The van der Waals surface area contributed by atoms with Crippen molar-refractivity contribution in [3.63, 3.8) is 0 Å². The molecular formula is C17H18N4. The molecule has 106 valence electrons. The molecule has 0 bridgehead atoms. The maximum absolute atomic E-state index is 5.81. The van der Waals surface area contributed by atoms with E-state index in [9.17, 15) is 0 Å². The van der Waals surface area contributed by atoms with Gasteiger partial charge in [0.05, 0.1) is 11.4 Å². The van der Waals surface area contributed by atoms with Crippen LogP contribution in [0.1, 0.15) is 18.2 Å². The van der Waals surface area contributed by atoms with Gasteiger partial charge in [0.1, 0.15) is 5.69 Å². The van der Waals surface area contributed by atoms with Gasteiger partial charge in [-0.2, -0.15) is 0 Å². The van der Waals surface area contributed by atoms with Crippen LogP contribution >= 0.6 is 0 Å². The van der Waals surface area contributed by atoms with E-state index in [4.69, 9.17) is 5.73 Å². The highest BCUT2D eigenvalue weighted by Crippen LogP contribution is 2.25. The molecule has 4 heteroatoms. The van der Waals surface area contributed by atoms with E-state index in [1.807, 2.05) is 22.9 Å². The van der Waals surface area contributed by atoms with Gasteiger partial charge in [-0.25, -0.2) is 4.68 Å². The fourth-order valence-electron chi connectivity index (χ4n) is 2.39. The first kappa shape index (κ1) is 13.5. The molecule has 0 aliphatic heterocycles. The van der Waals surface area contributed by atoms with E-state index in [1.165, 1.54) is 5.56 Å². The lowest BCUT2D eigenvalue weighted by Crippen LogP contribution is -2.02. The Labute approximate surface area is 124 Å². The zero-order valence-electron chi connectivity index (χ0n) is 12.0. The average Bonchev–Trinajstić information content (AvgIpc) is 2.99. The van der Waals surface area contributed by atoms with Crippen LogP contribution in [0.3, 0.4) is 0 Å². The second-order valence-corrected chi connectivity index (χ2v) is 4.89. The minimum atomic E-state index is 0.372. The van der Waals surface area contributed by atoms with Crippen molar-refractivity contribution in [3.8, 4) is 16.9 Å². The third-order valence-electron chi connectivity index (χ3n) is 3.57. The maximum Gasteiger partial charge on any atom is 0.105 e. The van der Waals surface area contributed by atoms with Crippen molar-refractivity contribution < 1.29 is 0 Å². The molecule has 4 nitrogen and oxygen atoms in total. The van der Waals surface area contributed by atoms with Crippen LogP contribution in [0.15, 0.2) is 54.6 Å². The SMILES string of the molecule is CCc1ccc(-n2nnc(CN)c2-c2ccccc2)cc1. The summed E-state index contributed by atoms with van der Waals surface area (Å²) < 4.78 is 1.86. The van der Waals surface area contributed by atoms with Crippen LogP contribution in [0.2, 0.25) is 0 Å². The summed E-state index contributed by atoms with van der Waals surface area (Å²) in [6, 6.07) is 18.5. The van der Waals surface area contributed by atoms with Gasteiger partial charge in [0.2, 0.25) is 0 Å². The molecule has 3 rings (SSSR count). The lowest BCUT2D eigenvalue weighted by Gasteiger charge is -2.08. The lowest BCUT2D eigenvalue weighted by molar-refractivity contribution is 0.799. The van der Waals surface area contributed by atoms with Gasteiger partial charge in [-0.1, -0.05) is 54.6 Å². The van der Waals surface area contributed by atoms with Crippen molar-refractivity contribution in [2.24, 2.45) is 5.73 Å². The van der Waals surface area contributed by atoms with Crippen molar-refractivity contribution >= 4 is 0 Å². The quantitative estimate of drug-likeness (QED) is 0.798. The van der Waals surface area contributed by atoms with Gasteiger partial charge in [-0.15, -0.1) is 5.10 Å². The number of nitrogens with zero attached hydrogens (tertiary/aromatic N) is 3. The molecule has 2 N–H and O–H groups in total. The number of aromatic nitrogens is 3. The molecule has 0 radical (unpaired) electrons. The maximum atomic E-state index is 5.81. The van der Waals surface area contributed by atoms with Crippen LogP contribution in [-0.2, 0) is 13.0 Å². The van der Waals surface area contributed by atoms with Crippen LogP contribution in [0.5, 0.6) is 0 Å². The van der Waals surface area contributed by atoms with E-state index in [0.717, 1.165) is 29.1 Å². The van der Waals surface area contributed by atoms with Gasteiger partial charge in [0, 0.05) is 12.1 Å². The van der Waals surface area contributed by atoms with Gasteiger partial charge in [-0.05, 0) is 24.1 Å². The van der Waals surface area contributed by atoms with E-state index in [0.29, 0.717) is 6.54 Å². The molecule has 0 amide bonds. The topological polar surface area (TPSA) is 56.7 Å². The molecule has 0 fully saturated rings. The molecule has 0 spiro atoms. The molecule has 0 aliphatic rings. The standard InChI is InChI=1S/C17H18N4/c1-2-13-8-10-15(11-9-13)21-17(16(12-18)19-20-21)14-6-4-3-5-7-14/h3-11H,2,12,18H2,1H3. The van der Waals surface area contributed by atoms with E-state index in [1.54, 1.807) is 0 Å². The van der Waals surface area contributed by atoms with Gasteiger partial charge >= 0.3 is 0 Å². The second kappa shape index (κ2) is 5.89. The summed E-state index contributed by atoms with van der Waals surface area (Å²) in [7, 11) is 0. The largest absolute Gasteiger partial charge is 0.325 e. The third kappa shape index (κ3) is 2.58. The van der Waals surface area contributed by atoms with Gasteiger partial charge in [0.15, 0.2) is 0 Å². The highest BCUT2D eigenvalue weighted by molar-refractivity contribution is 5.64. The van der Waals surface area contributed by atoms with E-state index in [-0.39, 0.29) is 0 Å². The predicted octanol–water partition coefficient (Wildman–Crippen LogP) is 2.96. The number of benzene rings is 2. The second-order valence-electron chi connectivity index (χ2n) is 4.89. The van der Waals surface area contributed by atoms with Crippen molar-refractivity contribution in [3.05, 3.63) is 65.9 Å². The third-order valence-corrected chi connectivity index (χ3v) is 3.57. The Kier molecular flexibility index (Phi) is 3.79. The summed E-state index contributed by atoms with van der Waals surface area (Å²) in [5.41, 5.74) is 11.0. The molecule has 0 saturated carbocycles. The molecule has 1 aromatic heterocycles. The lowest BCUT2D eigenvalue weighted by atomic mass is 10.1. The molecular weight excluding hydrogens is 260 g/mol. The average molecular weight is 278 g/mol. The van der Waals surface area contributed by atoms with Crippen LogP contribution in [0, 0.1) is 0 Å². The highest BCUT2D eigenvalue weighted by atomic mass is 15.4. The highest BCUT2D eigenvalue weighted by Gasteiger charge is 2.14. The molecule has 3 aromatic rings. The molecule has 2 aromatic carbocycles. The number of aryl methyl sites for hydroxylation is 1. The Morgan fingerprint density at radius 3 is 2.33 bits per heavy atom. The first-order chi connectivity index (χ1) is 10.3. The van der Waals surface area contributed by atoms with E-state index in [2.05, 4.69) is 53.6 Å². The molecule has 21 heavy (non-hydrogen) atoms. The zero-order chi connectivity index (χ0) is 14.7. The fraction of sp³-hybridized carbons (Fsp3) is 0.176. The van der Waals surface area contributed by atoms with Crippen LogP contribution in [0.4, 0.5) is 0 Å². The monoisotopic (exact) mass is 278 g/mol. The van der Waals surface area contributed by atoms with E-state index < -0.39 is 0 Å². The summed E-state index contributed by atoms with van der Waals surface area (Å²) in [6.07, 6.45) is 1.03. The molecule has 0 atom stereocenters. The zero-order valence-corrected chi connectivity index (χ0v) is 12.0. The van der Waals surface area contributed by atoms with Gasteiger partial charge < -0.3 is 5.73 Å². The minimum Gasteiger partial charge on any atom is -0.325 e. The van der Waals surface area contributed by atoms with Gasteiger partial charge in [0.25, 0.3) is 0 Å². The molecule has 0 unspecified atom stereocenters. The number of hydrogen-bond donors (Lipinski definition) is 1. The number of nitrogens with two attached hydrogens (primary N) is 1. The first-order valence-corrected chi connectivity index (χ1v) is 7.13. The molecule has 0 aliphatic carbocycles. The predicted molar refractivity (Wildman–Crippen MR) is 84.1 cm³/mol. The van der Waals surface area contributed by atoms with Crippen molar-refractivity contribution in [2.45, 2.75) is 19.9 Å². The van der Waals surface area contributed by atoms with Crippen molar-refractivity contribution in [2.75, 3.05) is 0 Å². The summed E-state index contributed by atoms with van der Waals surface area (Å²) in [5, 5.41) is 8.49. The summed E-state index contributed by atoms with van der Waals surface area (Å²) in [4.78, 5) is 0. The number of hydrogen-bond acceptors (Lipinski definition) is 3. The van der Waals surface area contributed by atoms with Crippen molar-refractivity contribution in [1.82, 2.24) is 15.0 Å². The minimum absolute atomic E-state index is 0.372. The van der Waals surface area contributed by atoms with Crippen LogP contribution < -0.4 is 5.73 Å². The summed E-state index contributed by atoms with van der Waals surface area (Å²) in [5.74, 6) is 0. The molecule has 0 saturated heterocycles. The fourth-order valence-corrected chi connectivity index (χ4v) is 2.39.